The summed E-state index contributed by atoms with van der Waals surface area (Å²) in [6.45, 7) is 0.392. The highest BCUT2D eigenvalue weighted by molar-refractivity contribution is 6.30. The van der Waals surface area contributed by atoms with Crippen LogP contribution < -0.4 is 10.5 Å². The zero-order valence-electron chi connectivity index (χ0n) is 11.0. The average Bonchev–Trinajstić information content (AvgIpc) is 2.85. The fourth-order valence-electron chi connectivity index (χ4n) is 2.24. The highest BCUT2D eigenvalue weighted by Gasteiger charge is 2.13. The van der Waals surface area contributed by atoms with Gasteiger partial charge in [-0.2, -0.15) is 0 Å². The summed E-state index contributed by atoms with van der Waals surface area (Å²) in [4.78, 5) is 4.63. The SMILES string of the molecule is COc1ccc(-c2nc3ccc(Cl)cn3c2CN)cc1. The quantitative estimate of drug-likeness (QED) is 0.805. The molecule has 2 heterocycles. The Labute approximate surface area is 121 Å². The van der Waals surface area contributed by atoms with Crippen LogP contribution in [0.5, 0.6) is 5.75 Å². The summed E-state index contributed by atoms with van der Waals surface area (Å²) in [7, 11) is 1.65. The first-order chi connectivity index (χ1) is 9.72. The third kappa shape index (κ3) is 2.13. The van der Waals surface area contributed by atoms with Crippen molar-refractivity contribution in [2.24, 2.45) is 5.73 Å². The number of nitrogens with zero attached hydrogens (tertiary/aromatic N) is 2. The fourth-order valence-corrected chi connectivity index (χ4v) is 2.40. The Balaban J connectivity index is 2.19. The molecule has 3 rings (SSSR count). The molecule has 0 radical (unpaired) electrons. The molecular formula is C15H14ClN3O. The standard InChI is InChI=1S/C15H14ClN3O/c1-20-12-5-2-10(3-6-12)15-13(8-17)19-9-11(16)4-7-14(19)18-15/h2-7,9H,8,17H2,1H3. The maximum absolute atomic E-state index is 6.04. The van der Waals surface area contributed by atoms with Crippen molar-refractivity contribution in [2.75, 3.05) is 7.11 Å². The van der Waals surface area contributed by atoms with Crippen molar-refractivity contribution >= 4 is 17.2 Å². The number of fused-ring (bicyclic) bond motifs is 1. The second kappa shape index (κ2) is 5.15. The van der Waals surface area contributed by atoms with Crippen LogP contribution in [0.25, 0.3) is 16.9 Å². The van der Waals surface area contributed by atoms with E-state index < -0.39 is 0 Å². The predicted molar refractivity (Wildman–Crippen MR) is 80.1 cm³/mol. The Hall–Kier alpha value is -2.04. The molecule has 5 heteroatoms. The number of aromatic nitrogens is 2. The molecule has 0 fully saturated rings. The van der Waals surface area contributed by atoms with Gasteiger partial charge in [0.1, 0.15) is 11.4 Å². The molecule has 2 aromatic heterocycles. The van der Waals surface area contributed by atoms with Crippen molar-refractivity contribution in [3.8, 4) is 17.0 Å². The van der Waals surface area contributed by atoms with E-state index in [1.165, 1.54) is 0 Å². The van der Waals surface area contributed by atoms with Gasteiger partial charge in [-0.15, -0.1) is 0 Å². The number of hydrogen-bond donors (Lipinski definition) is 1. The zero-order chi connectivity index (χ0) is 14.1. The molecule has 0 atom stereocenters. The Morgan fingerprint density at radius 2 is 1.95 bits per heavy atom. The van der Waals surface area contributed by atoms with Gasteiger partial charge in [-0.3, -0.25) is 0 Å². The molecule has 2 N–H and O–H groups in total. The smallest absolute Gasteiger partial charge is 0.137 e. The molecule has 0 aliphatic carbocycles. The summed E-state index contributed by atoms with van der Waals surface area (Å²) in [5, 5.41) is 0.658. The molecule has 0 unspecified atom stereocenters. The molecule has 4 nitrogen and oxygen atoms in total. The molecule has 3 aromatic rings. The van der Waals surface area contributed by atoms with E-state index >= 15 is 0 Å². The van der Waals surface area contributed by atoms with Crippen LogP contribution in [0.3, 0.4) is 0 Å². The Bertz CT molecular complexity index is 750. The highest BCUT2D eigenvalue weighted by atomic mass is 35.5. The number of ether oxygens (including phenoxy) is 1. The first-order valence-corrected chi connectivity index (χ1v) is 6.61. The maximum Gasteiger partial charge on any atom is 0.137 e. The van der Waals surface area contributed by atoms with E-state index in [4.69, 9.17) is 22.1 Å². The third-order valence-corrected chi connectivity index (χ3v) is 3.46. The number of methoxy groups -OCH3 is 1. The third-order valence-electron chi connectivity index (χ3n) is 3.24. The zero-order valence-corrected chi connectivity index (χ0v) is 11.8. The predicted octanol–water partition coefficient (Wildman–Crippen LogP) is 3.12. The van der Waals surface area contributed by atoms with Gasteiger partial charge in [0.2, 0.25) is 0 Å². The molecule has 0 aliphatic heterocycles. The van der Waals surface area contributed by atoms with Gasteiger partial charge in [0.05, 0.1) is 23.5 Å². The first kappa shape index (κ1) is 13.0. The largest absolute Gasteiger partial charge is 0.497 e. The Morgan fingerprint density at radius 3 is 2.60 bits per heavy atom. The second-order valence-electron chi connectivity index (χ2n) is 4.42. The van der Waals surface area contributed by atoms with Crippen LogP contribution in [0.15, 0.2) is 42.6 Å². The van der Waals surface area contributed by atoms with Gasteiger partial charge in [-0.05, 0) is 36.4 Å². The molecule has 0 saturated carbocycles. The van der Waals surface area contributed by atoms with Crippen molar-refractivity contribution in [3.63, 3.8) is 0 Å². The molecular weight excluding hydrogens is 274 g/mol. The van der Waals surface area contributed by atoms with Crippen molar-refractivity contribution in [3.05, 3.63) is 53.3 Å². The van der Waals surface area contributed by atoms with Crippen LogP contribution in [0, 0.1) is 0 Å². The van der Waals surface area contributed by atoms with E-state index in [-0.39, 0.29) is 0 Å². The Kier molecular flexibility index (Phi) is 3.34. The Morgan fingerprint density at radius 1 is 1.20 bits per heavy atom. The lowest BCUT2D eigenvalue weighted by Crippen LogP contribution is -2.02. The van der Waals surface area contributed by atoms with E-state index in [0.717, 1.165) is 28.3 Å². The number of halogens is 1. The van der Waals surface area contributed by atoms with Crippen LogP contribution in [-0.4, -0.2) is 16.5 Å². The van der Waals surface area contributed by atoms with Gasteiger partial charge < -0.3 is 14.9 Å². The van der Waals surface area contributed by atoms with Crippen molar-refractivity contribution in [1.82, 2.24) is 9.38 Å². The molecule has 102 valence electrons. The van der Waals surface area contributed by atoms with E-state index in [1.54, 1.807) is 7.11 Å². The van der Waals surface area contributed by atoms with Gasteiger partial charge >= 0.3 is 0 Å². The van der Waals surface area contributed by atoms with Crippen LogP contribution in [0.4, 0.5) is 0 Å². The van der Waals surface area contributed by atoms with Crippen LogP contribution >= 0.6 is 11.6 Å². The number of benzene rings is 1. The second-order valence-corrected chi connectivity index (χ2v) is 4.85. The van der Waals surface area contributed by atoms with E-state index in [9.17, 15) is 0 Å². The minimum absolute atomic E-state index is 0.392. The van der Waals surface area contributed by atoms with Crippen molar-refractivity contribution in [1.29, 1.82) is 0 Å². The minimum atomic E-state index is 0.392. The normalized spacial score (nSPS) is 10.9. The monoisotopic (exact) mass is 287 g/mol. The molecule has 0 aliphatic rings. The lowest BCUT2D eigenvalue weighted by atomic mass is 10.1. The van der Waals surface area contributed by atoms with Gasteiger partial charge in [0.15, 0.2) is 0 Å². The van der Waals surface area contributed by atoms with E-state index in [0.29, 0.717) is 11.6 Å². The lowest BCUT2D eigenvalue weighted by molar-refractivity contribution is 0.415. The summed E-state index contributed by atoms with van der Waals surface area (Å²) < 4.78 is 7.10. The van der Waals surface area contributed by atoms with Gasteiger partial charge in [0.25, 0.3) is 0 Å². The summed E-state index contributed by atoms with van der Waals surface area (Å²) in [6, 6.07) is 11.5. The molecule has 0 saturated heterocycles. The van der Waals surface area contributed by atoms with Gasteiger partial charge in [0, 0.05) is 18.3 Å². The van der Waals surface area contributed by atoms with Crippen molar-refractivity contribution in [2.45, 2.75) is 6.54 Å². The topological polar surface area (TPSA) is 52.5 Å². The maximum atomic E-state index is 6.04. The fraction of sp³-hybridized carbons (Fsp3) is 0.133. The van der Waals surface area contributed by atoms with Gasteiger partial charge in [-0.25, -0.2) is 4.98 Å². The average molecular weight is 288 g/mol. The number of rotatable bonds is 3. The first-order valence-electron chi connectivity index (χ1n) is 6.24. The molecule has 0 spiro atoms. The number of pyridine rings is 1. The summed E-state index contributed by atoms with van der Waals surface area (Å²) in [6.07, 6.45) is 1.83. The molecule has 0 amide bonds. The van der Waals surface area contributed by atoms with Crippen molar-refractivity contribution < 1.29 is 4.74 Å². The highest BCUT2D eigenvalue weighted by Crippen LogP contribution is 2.27. The molecule has 0 bridgehead atoms. The number of hydrogen-bond acceptors (Lipinski definition) is 3. The van der Waals surface area contributed by atoms with Crippen LogP contribution in [0.2, 0.25) is 5.02 Å². The van der Waals surface area contributed by atoms with Gasteiger partial charge in [-0.1, -0.05) is 11.6 Å². The van der Waals surface area contributed by atoms with Crippen LogP contribution in [0.1, 0.15) is 5.69 Å². The summed E-state index contributed by atoms with van der Waals surface area (Å²) >= 11 is 6.04. The minimum Gasteiger partial charge on any atom is -0.497 e. The summed E-state index contributed by atoms with van der Waals surface area (Å²) in [5.74, 6) is 0.815. The number of nitrogens with two attached hydrogens (primary N) is 1. The van der Waals surface area contributed by atoms with E-state index in [2.05, 4.69) is 4.98 Å². The van der Waals surface area contributed by atoms with Crippen LogP contribution in [-0.2, 0) is 6.54 Å². The lowest BCUT2D eigenvalue weighted by Gasteiger charge is -2.04. The molecule has 20 heavy (non-hydrogen) atoms. The summed E-state index contributed by atoms with van der Waals surface area (Å²) in [5.41, 5.74) is 9.53. The molecule has 1 aromatic carbocycles. The number of imidazole rings is 1. The van der Waals surface area contributed by atoms with E-state index in [1.807, 2.05) is 47.0 Å².